The second kappa shape index (κ2) is 6.59. The van der Waals surface area contributed by atoms with Gasteiger partial charge in [-0.25, -0.2) is 0 Å². The molecule has 0 unspecified atom stereocenters. The smallest absolute Gasteiger partial charge is 0.315 e. The average molecular weight is 240 g/mol. The molecular weight excluding hydrogens is 216 g/mol. The van der Waals surface area contributed by atoms with Gasteiger partial charge in [0.25, 0.3) is 0 Å². The van der Waals surface area contributed by atoms with Crippen LogP contribution in [-0.2, 0) is 6.42 Å². The summed E-state index contributed by atoms with van der Waals surface area (Å²) in [5, 5.41) is 11.1. The number of anilines is 1. The Morgan fingerprint density at radius 3 is 2.35 bits per heavy atom. The number of rotatable bonds is 7. The third kappa shape index (κ3) is 4.34. The van der Waals surface area contributed by atoms with Crippen LogP contribution in [0.25, 0.3) is 0 Å². The Kier molecular flexibility index (Phi) is 5.41. The lowest BCUT2D eigenvalue weighted by Crippen LogP contribution is -2.24. The SMILES string of the molecule is CC(C)C(CNc1nnc(CCN)o1)C(C)C. The van der Waals surface area contributed by atoms with E-state index in [1.807, 2.05) is 0 Å². The maximum Gasteiger partial charge on any atom is 0.315 e. The highest BCUT2D eigenvalue weighted by Crippen LogP contribution is 2.20. The Bertz CT molecular complexity index is 314. The normalized spacial score (nSPS) is 11.8. The molecule has 0 saturated carbocycles. The van der Waals surface area contributed by atoms with Gasteiger partial charge in [0, 0.05) is 19.5 Å². The Hall–Kier alpha value is -1.10. The molecule has 0 radical (unpaired) electrons. The summed E-state index contributed by atoms with van der Waals surface area (Å²) in [5.74, 6) is 2.46. The van der Waals surface area contributed by atoms with Gasteiger partial charge in [-0.3, -0.25) is 0 Å². The van der Waals surface area contributed by atoms with Gasteiger partial charge in [0.1, 0.15) is 0 Å². The number of hydrogen-bond acceptors (Lipinski definition) is 5. The van der Waals surface area contributed by atoms with E-state index in [0.29, 0.717) is 42.6 Å². The van der Waals surface area contributed by atoms with Crippen LogP contribution in [0.1, 0.15) is 33.6 Å². The highest BCUT2D eigenvalue weighted by atomic mass is 16.4. The van der Waals surface area contributed by atoms with Gasteiger partial charge in [0.2, 0.25) is 5.89 Å². The van der Waals surface area contributed by atoms with Crippen molar-refractivity contribution in [3.8, 4) is 0 Å². The van der Waals surface area contributed by atoms with Gasteiger partial charge < -0.3 is 15.5 Å². The molecule has 1 aromatic rings. The molecule has 1 heterocycles. The molecule has 0 atom stereocenters. The molecule has 17 heavy (non-hydrogen) atoms. The molecule has 0 fully saturated rings. The number of nitrogens with one attached hydrogen (secondary N) is 1. The van der Waals surface area contributed by atoms with Crippen LogP contribution in [-0.4, -0.2) is 23.3 Å². The van der Waals surface area contributed by atoms with Crippen LogP contribution < -0.4 is 11.1 Å². The molecule has 98 valence electrons. The fraction of sp³-hybridized carbons (Fsp3) is 0.833. The lowest BCUT2D eigenvalue weighted by atomic mass is 9.85. The molecule has 3 N–H and O–H groups in total. The molecular formula is C12H24N4O. The topological polar surface area (TPSA) is 77.0 Å². The van der Waals surface area contributed by atoms with Crippen molar-refractivity contribution in [2.75, 3.05) is 18.4 Å². The van der Waals surface area contributed by atoms with Gasteiger partial charge in [-0.2, -0.15) is 0 Å². The van der Waals surface area contributed by atoms with Crippen molar-refractivity contribution in [3.63, 3.8) is 0 Å². The van der Waals surface area contributed by atoms with Crippen LogP contribution in [0, 0.1) is 17.8 Å². The van der Waals surface area contributed by atoms with E-state index in [1.54, 1.807) is 0 Å². The fourth-order valence-electron chi connectivity index (χ4n) is 2.00. The Balaban J connectivity index is 2.47. The van der Waals surface area contributed by atoms with Crippen LogP contribution in [0.15, 0.2) is 4.42 Å². The van der Waals surface area contributed by atoms with Gasteiger partial charge in [-0.15, -0.1) is 5.10 Å². The minimum absolute atomic E-state index is 0.500. The van der Waals surface area contributed by atoms with Gasteiger partial charge in [-0.1, -0.05) is 32.8 Å². The minimum atomic E-state index is 0.500. The van der Waals surface area contributed by atoms with Crippen molar-refractivity contribution in [2.45, 2.75) is 34.1 Å². The predicted octanol–water partition coefficient (Wildman–Crippen LogP) is 1.91. The summed E-state index contributed by atoms with van der Waals surface area (Å²) >= 11 is 0. The average Bonchev–Trinajstić information content (AvgIpc) is 2.65. The standard InChI is InChI=1S/C12H24N4O/c1-8(2)10(9(3)4)7-14-12-16-15-11(17-12)5-6-13/h8-10H,5-7,13H2,1-4H3,(H,14,16). The molecule has 0 amide bonds. The Labute approximate surface area is 103 Å². The molecule has 0 aromatic carbocycles. The zero-order valence-corrected chi connectivity index (χ0v) is 11.2. The first-order valence-corrected chi connectivity index (χ1v) is 6.31. The maximum absolute atomic E-state index is 5.42. The van der Waals surface area contributed by atoms with E-state index < -0.39 is 0 Å². The summed E-state index contributed by atoms with van der Waals surface area (Å²) in [7, 11) is 0. The number of aromatic nitrogens is 2. The Morgan fingerprint density at radius 1 is 1.18 bits per heavy atom. The quantitative estimate of drug-likeness (QED) is 0.761. The lowest BCUT2D eigenvalue weighted by Gasteiger charge is -2.24. The molecule has 0 aliphatic heterocycles. The summed E-state index contributed by atoms with van der Waals surface area (Å²) in [5.41, 5.74) is 5.42. The van der Waals surface area contributed by atoms with Crippen molar-refractivity contribution in [2.24, 2.45) is 23.5 Å². The van der Waals surface area contributed by atoms with E-state index in [0.717, 1.165) is 6.54 Å². The number of hydrogen-bond donors (Lipinski definition) is 2. The van der Waals surface area contributed by atoms with Crippen LogP contribution in [0.2, 0.25) is 0 Å². The van der Waals surface area contributed by atoms with Crippen molar-refractivity contribution in [3.05, 3.63) is 5.89 Å². The second-order valence-corrected chi connectivity index (χ2v) is 5.07. The van der Waals surface area contributed by atoms with E-state index in [2.05, 4.69) is 43.2 Å². The molecule has 1 rings (SSSR count). The molecule has 0 saturated heterocycles. The highest BCUT2D eigenvalue weighted by molar-refractivity contribution is 5.17. The van der Waals surface area contributed by atoms with Gasteiger partial charge in [0.15, 0.2) is 0 Å². The lowest BCUT2D eigenvalue weighted by molar-refractivity contribution is 0.302. The van der Waals surface area contributed by atoms with E-state index in [9.17, 15) is 0 Å². The largest absolute Gasteiger partial charge is 0.408 e. The first-order chi connectivity index (χ1) is 8.04. The maximum atomic E-state index is 5.42. The van der Waals surface area contributed by atoms with Crippen LogP contribution in [0.4, 0.5) is 6.01 Å². The minimum Gasteiger partial charge on any atom is -0.408 e. The first-order valence-electron chi connectivity index (χ1n) is 6.31. The predicted molar refractivity (Wildman–Crippen MR) is 68.7 cm³/mol. The Morgan fingerprint density at radius 2 is 1.82 bits per heavy atom. The monoisotopic (exact) mass is 240 g/mol. The second-order valence-electron chi connectivity index (χ2n) is 5.07. The molecule has 0 aliphatic rings. The van der Waals surface area contributed by atoms with Gasteiger partial charge >= 0.3 is 6.01 Å². The zero-order chi connectivity index (χ0) is 12.8. The molecule has 0 aliphatic carbocycles. The van der Waals surface area contributed by atoms with E-state index in [-0.39, 0.29) is 0 Å². The van der Waals surface area contributed by atoms with Crippen LogP contribution in [0.5, 0.6) is 0 Å². The first kappa shape index (κ1) is 14.0. The van der Waals surface area contributed by atoms with Crippen LogP contribution in [0.3, 0.4) is 0 Å². The summed E-state index contributed by atoms with van der Waals surface area (Å²) in [6.07, 6.45) is 0.631. The molecule has 5 heteroatoms. The zero-order valence-electron chi connectivity index (χ0n) is 11.2. The number of nitrogens with zero attached hydrogens (tertiary/aromatic N) is 2. The van der Waals surface area contributed by atoms with Gasteiger partial charge in [-0.05, 0) is 17.8 Å². The fourth-order valence-corrected chi connectivity index (χ4v) is 2.00. The molecule has 1 aromatic heterocycles. The van der Waals surface area contributed by atoms with Crippen molar-refractivity contribution >= 4 is 6.01 Å². The summed E-state index contributed by atoms with van der Waals surface area (Å²) in [6.45, 7) is 10.3. The summed E-state index contributed by atoms with van der Waals surface area (Å²) < 4.78 is 5.42. The van der Waals surface area contributed by atoms with Gasteiger partial charge in [0.05, 0.1) is 0 Å². The molecule has 5 nitrogen and oxygen atoms in total. The summed E-state index contributed by atoms with van der Waals surface area (Å²) in [4.78, 5) is 0. The summed E-state index contributed by atoms with van der Waals surface area (Å²) in [6, 6.07) is 0.500. The third-order valence-electron chi connectivity index (χ3n) is 3.03. The van der Waals surface area contributed by atoms with Crippen molar-refractivity contribution in [1.82, 2.24) is 10.2 Å². The van der Waals surface area contributed by atoms with Crippen molar-refractivity contribution in [1.29, 1.82) is 0 Å². The van der Waals surface area contributed by atoms with E-state index >= 15 is 0 Å². The van der Waals surface area contributed by atoms with E-state index in [1.165, 1.54) is 0 Å². The number of nitrogens with two attached hydrogens (primary N) is 1. The molecule has 0 spiro atoms. The highest BCUT2D eigenvalue weighted by Gasteiger charge is 2.18. The van der Waals surface area contributed by atoms with Crippen molar-refractivity contribution < 1.29 is 4.42 Å². The molecule has 0 bridgehead atoms. The van der Waals surface area contributed by atoms with E-state index in [4.69, 9.17) is 10.2 Å². The van der Waals surface area contributed by atoms with Crippen LogP contribution >= 0.6 is 0 Å². The third-order valence-corrected chi connectivity index (χ3v) is 3.03.